The summed E-state index contributed by atoms with van der Waals surface area (Å²) in [6, 6.07) is 18.5. The smallest absolute Gasteiger partial charge is 0.263 e. The second-order valence-corrected chi connectivity index (χ2v) is 8.63. The molecule has 6 nitrogen and oxygen atoms in total. The molecule has 1 fully saturated rings. The Kier molecular flexibility index (Phi) is 7.06. The van der Waals surface area contributed by atoms with Crippen molar-refractivity contribution in [3.05, 3.63) is 71.6 Å². The van der Waals surface area contributed by atoms with Crippen LogP contribution in [0, 0.1) is 0 Å². The van der Waals surface area contributed by atoms with Crippen molar-refractivity contribution in [3.63, 3.8) is 0 Å². The monoisotopic (exact) mass is 414 g/mol. The van der Waals surface area contributed by atoms with Crippen LogP contribution in [0.4, 0.5) is 0 Å². The SMILES string of the molecule is CC[C@H](Oc1ccccc1)C(=O)N1CCN(S(=O)(=O)/C=C/c2ccccc2)CC1. The van der Waals surface area contributed by atoms with E-state index in [0.717, 1.165) is 5.56 Å². The standard InChI is InChI=1S/C22H26N2O4S/c1-2-21(28-20-11-7-4-8-12-20)22(25)23-14-16-24(17-15-23)29(26,27)18-13-19-9-5-3-6-10-19/h3-13,18,21H,2,14-17H2,1H3/b18-13+/t21-/m0/s1. The first-order valence-corrected chi connectivity index (χ1v) is 11.2. The summed E-state index contributed by atoms with van der Waals surface area (Å²) >= 11 is 0. The highest BCUT2D eigenvalue weighted by molar-refractivity contribution is 7.92. The van der Waals surface area contributed by atoms with Gasteiger partial charge in [0.05, 0.1) is 0 Å². The molecule has 0 saturated carbocycles. The zero-order valence-corrected chi connectivity index (χ0v) is 17.3. The lowest BCUT2D eigenvalue weighted by Crippen LogP contribution is -2.53. The molecule has 2 aromatic rings. The van der Waals surface area contributed by atoms with E-state index in [2.05, 4.69) is 0 Å². The zero-order chi connectivity index (χ0) is 20.7. The highest BCUT2D eigenvalue weighted by Crippen LogP contribution is 2.17. The summed E-state index contributed by atoms with van der Waals surface area (Å²) in [5.41, 5.74) is 0.828. The fourth-order valence-corrected chi connectivity index (χ4v) is 4.33. The van der Waals surface area contributed by atoms with Crippen molar-refractivity contribution in [3.8, 4) is 5.75 Å². The molecule has 0 radical (unpaired) electrons. The molecule has 1 atom stereocenters. The maximum absolute atomic E-state index is 12.8. The van der Waals surface area contributed by atoms with Crippen molar-refractivity contribution in [1.29, 1.82) is 0 Å². The van der Waals surface area contributed by atoms with Crippen molar-refractivity contribution in [1.82, 2.24) is 9.21 Å². The fourth-order valence-electron chi connectivity index (χ4n) is 3.15. The van der Waals surface area contributed by atoms with Gasteiger partial charge in [0.15, 0.2) is 6.10 Å². The molecule has 154 valence electrons. The Labute approximate surface area is 172 Å². The number of nitrogens with zero attached hydrogens (tertiary/aromatic N) is 2. The van der Waals surface area contributed by atoms with Gasteiger partial charge in [0.1, 0.15) is 5.75 Å². The Morgan fingerprint density at radius 2 is 1.59 bits per heavy atom. The molecule has 7 heteroatoms. The van der Waals surface area contributed by atoms with Crippen LogP contribution in [0.1, 0.15) is 18.9 Å². The third-order valence-electron chi connectivity index (χ3n) is 4.81. The summed E-state index contributed by atoms with van der Waals surface area (Å²) < 4.78 is 32.4. The van der Waals surface area contributed by atoms with Gasteiger partial charge in [-0.15, -0.1) is 0 Å². The number of rotatable bonds is 7. The Hall–Kier alpha value is -2.64. The average molecular weight is 415 g/mol. The lowest BCUT2D eigenvalue weighted by Gasteiger charge is -2.35. The summed E-state index contributed by atoms with van der Waals surface area (Å²) in [5, 5.41) is 1.23. The molecule has 0 bridgehead atoms. The molecule has 0 unspecified atom stereocenters. The van der Waals surface area contributed by atoms with E-state index < -0.39 is 16.1 Å². The number of hydrogen-bond acceptors (Lipinski definition) is 4. The van der Waals surface area contributed by atoms with Crippen molar-refractivity contribution in [2.45, 2.75) is 19.4 Å². The van der Waals surface area contributed by atoms with Crippen LogP contribution in [0.2, 0.25) is 0 Å². The molecule has 0 spiro atoms. The second kappa shape index (κ2) is 9.71. The molecule has 1 aliphatic rings. The van der Waals surface area contributed by atoms with Gasteiger partial charge in [-0.25, -0.2) is 8.42 Å². The van der Waals surface area contributed by atoms with Gasteiger partial charge in [-0.3, -0.25) is 4.79 Å². The van der Waals surface area contributed by atoms with Gasteiger partial charge in [0, 0.05) is 31.6 Å². The van der Waals surface area contributed by atoms with E-state index in [1.807, 2.05) is 67.6 Å². The Bertz CT molecular complexity index is 922. The minimum atomic E-state index is -3.52. The lowest BCUT2D eigenvalue weighted by atomic mass is 10.2. The van der Waals surface area contributed by atoms with E-state index >= 15 is 0 Å². The first-order chi connectivity index (χ1) is 14.0. The predicted octanol–water partition coefficient (Wildman–Crippen LogP) is 2.99. The predicted molar refractivity (Wildman–Crippen MR) is 114 cm³/mol. The molecule has 29 heavy (non-hydrogen) atoms. The van der Waals surface area contributed by atoms with Gasteiger partial charge in [0.2, 0.25) is 10.0 Å². The molecular weight excluding hydrogens is 388 g/mol. The van der Waals surface area contributed by atoms with Gasteiger partial charge >= 0.3 is 0 Å². The second-order valence-electron chi connectivity index (χ2n) is 6.81. The van der Waals surface area contributed by atoms with Gasteiger partial charge in [-0.05, 0) is 30.2 Å². The maximum Gasteiger partial charge on any atom is 0.263 e. The van der Waals surface area contributed by atoms with E-state index in [1.54, 1.807) is 11.0 Å². The van der Waals surface area contributed by atoms with Crippen LogP contribution in [0.25, 0.3) is 6.08 Å². The number of carbonyl (C=O) groups excluding carboxylic acids is 1. The number of benzene rings is 2. The van der Waals surface area contributed by atoms with Gasteiger partial charge in [0.25, 0.3) is 5.91 Å². The molecule has 1 aliphatic heterocycles. The number of ether oxygens (including phenoxy) is 1. The number of piperazine rings is 1. The Morgan fingerprint density at radius 1 is 1.00 bits per heavy atom. The van der Waals surface area contributed by atoms with Gasteiger partial charge < -0.3 is 9.64 Å². The molecule has 1 amide bonds. The maximum atomic E-state index is 12.8. The number of sulfonamides is 1. The highest BCUT2D eigenvalue weighted by Gasteiger charge is 2.31. The molecule has 1 heterocycles. The van der Waals surface area contributed by atoms with Crippen molar-refractivity contribution in [2.75, 3.05) is 26.2 Å². The summed E-state index contributed by atoms with van der Waals surface area (Å²) in [6.45, 7) is 3.16. The third kappa shape index (κ3) is 5.68. The summed E-state index contributed by atoms with van der Waals surface area (Å²) in [6.07, 6.45) is 1.57. The summed E-state index contributed by atoms with van der Waals surface area (Å²) in [4.78, 5) is 14.5. The summed E-state index contributed by atoms with van der Waals surface area (Å²) in [7, 11) is -3.52. The minimum Gasteiger partial charge on any atom is -0.481 e. The molecule has 0 aromatic heterocycles. The van der Waals surface area contributed by atoms with Crippen LogP contribution < -0.4 is 4.74 Å². The number of carbonyl (C=O) groups is 1. The van der Waals surface area contributed by atoms with Crippen LogP contribution in [0.5, 0.6) is 5.75 Å². The third-order valence-corrected chi connectivity index (χ3v) is 6.37. The quantitative estimate of drug-likeness (QED) is 0.699. The zero-order valence-electron chi connectivity index (χ0n) is 16.5. The molecule has 0 aliphatic carbocycles. The largest absolute Gasteiger partial charge is 0.481 e. The van der Waals surface area contributed by atoms with Gasteiger partial charge in [-0.1, -0.05) is 55.5 Å². The van der Waals surface area contributed by atoms with Crippen LogP contribution in [0.15, 0.2) is 66.1 Å². The topological polar surface area (TPSA) is 66.9 Å². The lowest BCUT2D eigenvalue weighted by molar-refractivity contribution is -0.140. The van der Waals surface area contributed by atoms with E-state index in [0.29, 0.717) is 25.3 Å². The molecule has 1 saturated heterocycles. The van der Waals surface area contributed by atoms with E-state index in [-0.39, 0.29) is 19.0 Å². The summed E-state index contributed by atoms with van der Waals surface area (Å²) in [5.74, 6) is 0.549. The molecule has 3 rings (SSSR count). The minimum absolute atomic E-state index is 0.103. The van der Waals surface area contributed by atoms with Crippen LogP contribution in [-0.2, 0) is 14.8 Å². The highest BCUT2D eigenvalue weighted by atomic mass is 32.2. The molecule has 0 N–H and O–H groups in total. The van der Waals surface area contributed by atoms with Crippen LogP contribution in [0.3, 0.4) is 0 Å². The molecular formula is C22H26N2O4S. The Morgan fingerprint density at radius 3 is 2.17 bits per heavy atom. The number of hydrogen-bond donors (Lipinski definition) is 0. The first-order valence-electron chi connectivity index (χ1n) is 9.73. The van der Waals surface area contributed by atoms with Crippen molar-refractivity contribution < 1.29 is 17.9 Å². The normalized spacial score (nSPS) is 16.7. The van der Waals surface area contributed by atoms with E-state index in [4.69, 9.17) is 4.74 Å². The fraction of sp³-hybridized carbons (Fsp3) is 0.318. The van der Waals surface area contributed by atoms with E-state index in [9.17, 15) is 13.2 Å². The van der Waals surface area contributed by atoms with E-state index in [1.165, 1.54) is 9.71 Å². The Balaban J connectivity index is 1.57. The van der Waals surface area contributed by atoms with Crippen LogP contribution >= 0.6 is 0 Å². The van der Waals surface area contributed by atoms with Crippen molar-refractivity contribution in [2.24, 2.45) is 0 Å². The average Bonchev–Trinajstić information content (AvgIpc) is 2.77. The molecule has 2 aromatic carbocycles. The number of para-hydroxylation sites is 1. The first kappa shape index (κ1) is 21.1. The van der Waals surface area contributed by atoms with Crippen LogP contribution in [-0.4, -0.2) is 55.8 Å². The van der Waals surface area contributed by atoms with Crippen molar-refractivity contribution >= 4 is 22.0 Å². The van der Waals surface area contributed by atoms with Gasteiger partial charge in [-0.2, -0.15) is 4.31 Å². The number of amides is 1.